The number of alkyl halides is 3. The van der Waals surface area contributed by atoms with Crippen molar-refractivity contribution in [3.05, 3.63) is 59.2 Å². The monoisotopic (exact) mass is 342 g/mol. The summed E-state index contributed by atoms with van der Waals surface area (Å²) in [4.78, 5) is 16.2. The van der Waals surface area contributed by atoms with Crippen LogP contribution in [0.4, 0.5) is 17.6 Å². The maximum Gasteiger partial charge on any atom is 0.573 e. The zero-order chi connectivity index (χ0) is 17.9. The summed E-state index contributed by atoms with van der Waals surface area (Å²) in [7, 11) is 0. The van der Waals surface area contributed by atoms with Gasteiger partial charge in [-0.2, -0.15) is 0 Å². The van der Waals surface area contributed by atoms with E-state index >= 15 is 0 Å². The Kier molecular flexibility index (Phi) is 5.18. The highest BCUT2D eigenvalue weighted by molar-refractivity contribution is 6.10. The van der Waals surface area contributed by atoms with Gasteiger partial charge in [-0.3, -0.25) is 9.78 Å². The molecule has 0 aliphatic rings. The number of halogens is 4. The van der Waals surface area contributed by atoms with Gasteiger partial charge < -0.3 is 10.5 Å². The van der Waals surface area contributed by atoms with Crippen molar-refractivity contribution >= 4 is 5.78 Å². The molecule has 0 unspecified atom stereocenters. The normalized spacial score (nSPS) is 12.8. The summed E-state index contributed by atoms with van der Waals surface area (Å²) in [6.45, 7) is 1.69. The fourth-order valence-corrected chi connectivity index (χ4v) is 2.14. The van der Waals surface area contributed by atoms with E-state index in [2.05, 4.69) is 9.72 Å². The summed E-state index contributed by atoms with van der Waals surface area (Å²) in [5, 5.41) is 0. The molecule has 1 aromatic heterocycles. The minimum Gasteiger partial charge on any atom is -0.405 e. The molecule has 24 heavy (non-hydrogen) atoms. The SMILES string of the molecule is CC[C@@H](N)c1ccc(OC(F)(F)F)c(C(=O)c2cccnc2)c1F. The highest BCUT2D eigenvalue weighted by Crippen LogP contribution is 2.33. The smallest absolute Gasteiger partial charge is 0.405 e. The number of nitrogens with zero attached hydrogens (tertiary/aromatic N) is 1. The highest BCUT2D eigenvalue weighted by Gasteiger charge is 2.35. The summed E-state index contributed by atoms with van der Waals surface area (Å²) < 4.78 is 56.2. The quantitative estimate of drug-likeness (QED) is 0.664. The molecule has 0 spiro atoms. The maximum absolute atomic E-state index is 14.7. The van der Waals surface area contributed by atoms with E-state index in [1.165, 1.54) is 18.3 Å². The van der Waals surface area contributed by atoms with Crippen molar-refractivity contribution in [2.45, 2.75) is 25.7 Å². The number of ketones is 1. The van der Waals surface area contributed by atoms with Crippen molar-refractivity contribution in [3.63, 3.8) is 0 Å². The summed E-state index contributed by atoms with van der Waals surface area (Å²) in [6, 6.07) is 3.95. The number of ether oxygens (including phenoxy) is 1. The molecule has 1 atom stereocenters. The van der Waals surface area contributed by atoms with Crippen LogP contribution in [0.5, 0.6) is 5.75 Å². The minimum atomic E-state index is -5.06. The predicted molar refractivity (Wildman–Crippen MR) is 78.0 cm³/mol. The average Bonchev–Trinajstić information content (AvgIpc) is 2.53. The van der Waals surface area contributed by atoms with Gasteiger partial charge in [0.1, 0.15) is 17.1 Å². The molecule has 0 bridgehead atoms. The van der Waals surface area contributed by atoms with Crippen LogP contribution >= 0.6 is 0 Å². The Labute approximate surface area is 135 Å². The van der Waals surface area contributed by atoms with Gasteiger partial charge in [-0.25, -0.2) is 4.39 Å². The second kappa shape index (κ2) is 6.96. The molecule has 0 saturated carbocycles. The molecular formula is C16H14F4N2O2. The number of hydrogen-bond donors (Lipinski definition) is 1. The number of benzene rings is 1. The lowest BCUT2D eigenvalue weighted by Gasteiger charge is -2.17. The van der Waals surface area contributed by atoms with Crippen LogP contribution in [0, 0.1) is 5.82 Å². The molecule has 2 rings (SSSR count). The van der Waals surface area contributed by atoms with Gasteiger partial charge in [-0.15, -0.1) is 13.2 Å². The maximum atomic E-state index is 14.7. The Morgan fingerprint density at radius 3 is 2.58 bits per heavy atom. The third-order valence-corrected chi connectivity index (χ3v) is 3.35. The fourth-order valence-electron chi connectivity index (χ4n) is 2.14. The summed E-state index contributed by atoms with van der Waals surface area (Å²) in [5.74, 6) is -3.01. The van der Waals surface area contributed by atoms with Crippen molar-refractivity contribution in [2.24, 2.45) is 5.73 Å². The number of hydrogen-bond acceptors (Lipinski definition) is 4. The van der Waals surface area contributed by atoms with Gasteiger partial charge in [-0.1, -0.05) is 13.0 Å². The van der Waals surface area contributed by atoms with E-state index in [1.54, 1.807) is 6.92 Å². The molecule has 0 aliphatic heterocycles. The first-order valence-corrected chi connectivity index (χ1v) is 7.03. The molecule has 0 amide bonds. The van der Waals surface area contributed by atoms with E-state index in [4.69, 9.17) is 5.73 Å². The molecule has 128 valence electrons. The molecule has 1 aromatic carbocycles. The Morgan fingerprint density at radius 1 is 1.33 bits per heavy atom. The third kappa shape index (κ3) is 3.88. The van der Waals surface area contributed by atoms with Gasteiger partial charge in [0.05, 0.1) is 0 Å². The van der Waals surface area contributed by atoms with Gasteiger partial charge in [0.2, 0.25) is 5.78 Å². The topological polar surface area (TPSA) is 65.2 Å². The van der Waals surface area contributed by atoms with Crippen molar-refractivity contribution in [2.75, 3.05) is 0 Å². The first kappa shape index (κ1) is 17.9. The van der Waals surface area contributed by atoms with E-state index in [9.17, 15) is 22.4 Å². The Balaban J connectivity index is 2.61. The van der Waals surface area contributed by atoms with Crippen LogP contribution in [0.2, 0.25) is 0 Å². The van der Waals surface area contributed by atoms with Crippen molar-refractivity contribution < 1.29 is 27.1 Å². The predicted octanol–water partition coefficient (Wildman–Crippen LogP) is 3.76. The number of pyridine rings is 1. The van der Waals surface area contributed by atoms with Gasteiger partial charge in [-0.05, 0) is 24.6 Å². The lowest BCUT2D eigenvalue weighted by atomic mass is 9.96. The molecule has 2 aromatic rings. The molecular weight excluding hydrogens is 328 g/mol. The lowest BCUT2D eigenvalue weighted by molar-refractivity contribution is -0.274. The molecule has 0 saturated heterocycles. The third-order valence-electron chi connectivity index (χ3n) is 3.35. The molecule has 0 fully saturated rings. The Morgan fingerprint density at radius 2 is 2.04 bits per heavy atom. The first-order valence-electron chi connectivity index (χ1n) is 7.03. The Hall–Kier alpha value is -2.48. The summed E-state index contributed by atoms with van der Waals surface area (Å²) in [6.07, 6.45) is -2.21. The van der Waals surface area contributed by atoms with Crippen LogP contribution in [0.3, 0.4) is 0 Å². The molecule has 2 N–H and O–H groups in total. The largest absolute Gasteiger partial charge is 0.573 e. The summed E-state index contributed by atoms with van der Waals surface area (Å²) >= 11 is 0. The fraction of sp³-hybridized carbons (Fsp3) is 0.250. The number of nitrogens with two attached hydrogens (primary N) is 1. The number of rotatable bonds is 5. The highest BCUT2D eigenvalue weighted by atomic mass is 19.4. The number of aromatic nitrogens is 1. The van der Waals surface area contributed by atoms with E-state index in [-0.39, 0.29) is 11.1 Å². The second-order valence-electron chi connectivity index (χ2n) is 4.98. The van der Waals surface area contributed by atoms with E-state index < -0.39 is 35.3 Å². The molecule has 0 aliphatic carbocycles. The zero-order valence-electron chi connectivity index (χ0n) is 12.6. The molecule has 0 radical (unpaired) electrons. The molecule has 8 heteroatoms. The van der Waals surface area contributed by atoms with E-state index in [0.29, 0.717) is 6.42 Å². The van der Waals surface area contributed by atoms with Gasteiger partial charge in [0.25, 0.3) is 0 Å². The van der Waals surface area contributed by atoms with Gasteiger partial charge in [0, 0.05) is 29.6 Å². The minimum absolute atomic E-state index is 0.0562. The zero-order valence-corrected chi connectivity index (χ0v) is 12.6. The van der Waals surface area contributed by atoms with Crippen LogP contribution in [0.25, 0.3) is 0 Å². The standard InChI is InChI=1S/C16H14F4N2O2/c1-2-11(21)10-5-6-12(24-16(18,19)20)13(14(10)17)15(23)9-4-3-7-22-8-9/h3-8,11H,2,21H2,1H3/t11-/m1/s1. The lowest BCUT2D eigenvalue weighted by Crippen LogP contribution is -2.21. The van der Waals surface area contributed by atoms with Gasteiger partial charge in [0.15, 0.2) is 0 Å². The van der Waals surface area contributed by atoms with Crippen molar-refractivity contribution in [3.8, 4) is 5.75 Å². The van der Waals surface area contributed by atoms with Crippen LogP contribution in [-0.2, 0) is 0 Å². The van der Waals surface area contributed by atoms with Crippen LogP contribution in [-0.4, -0.2) is 17.1 Å². The number of carbonyl (C=O) groups excluding carboxylic acids is 1. The van der Waals surface area contributed by atoms with Crippen molar-refractivity contribution in [1.82, 2.24) is 4.98 Å². The van der Waals surface area contributed by atoms with E-state index in [0.717, 1.165) is 18.3 Å². The van der Waals surface area contributed by atoms with Crippen LogP contribution in [0.1, 0.15) is 40.9 Å². The number of carbonyl (C=O) groups is 1. The van der Waals surface area contributed by atoms with Crippen molar-refractivity contribution in [1.29, 1.82) is 0 Å². The van der Waals surface area contributed by atoms with Crippen LogP contribution < -0.4 is 10.5 Å². The molecule has 4 nitrogen and oxygen atoms in total. The molecule has 1 heterocycles. The first-order chi connectivity index (χ1) is 11.2. The van der Waals surface area contributed by atoms with Gasteiger partial charge >= 0.3 is 6.36 Å². The van der Waals surface area contributed by atoms with E-state index in [1.807, 2.05) is 0 Å². The average molecular weight is 342 g/mol. The Bertz CT molecular complexity index is 733. The second-order valence-corrected chi connectivity index (χ2v) is 4.98. The summed E-state index contributed by atoms with van der Waals surface area (Å²) in [5.41, 5.74) is 4.82. The van der Waals surface area contributed by atoms with Crippen LogP contribution in [0.15, 0.2) is 36.7 Å².